The normalized spacial score (nSPS) is 33.9. The Labute approximate surface area is 229 Å². The van der Waals surface area contributed by atoms with Crippen molar-refractivity contribution in [3.8, 4) is 5.75 Å². The number of aliphatic hydroxyl groups excluding tert-OH is 1. The third-order valence-electron chi connectivity index (χ3n) is 8.42. The predicted octanol–water partition coefficient (Wildman–Crippen LogP) is 2.87. The maximum absolute atomic E-state index is 14.5. The van der Waals surface area contributed by atoms with Gasteiger partial charge in [0.25, 0.3) is 5.91 Å². The molecule has 2 amide bonds. The number of esters is 1. The van der Waals surface area contributed by atoms with Crippen molar-refractivity contribution in [3.05, 3.63) is 48.6 Å². The molecule has 1 spiro atoms. The van der Waals surface area contributed by atoms with Crippen LogP contribution in [0.5, 0.6) is 5.75 Å². The summed E-state index contributed by atoms with van der Waals surface area (Å²) in [5.41, 5.74) is -1.89. The molecule has 210 valence electrons. The molecule has 4 heterocycles. The van der Waals surface area contributed by atoms with E-state index in [1.54, 1.807) is 49.3 Å². The minimum Gasteiger partial charge on any atom is -0.497 e. The van der Waals surface area contributed by atoms with Crippen molar-refractivity contribution in [3.63, 3.8) is 0 Å². The second-order valence-electron chi connectivity index (χ2n) is 11.5. The average molecular weight is 539 g/mol. The number of cyclic esters (lactones) is 1. The van der Waals surface area contributed by atoms with Crippen molar-refractivity contribution in [1.29, 1.82) is 0 Å². The standard InChI is InChI=1S/C30H38N2O7/c1-19(2)17-21(18-33)32-25-27(35)31(20-9-11-22(37-4)12-10-20)15-8-14-30(25)23(26(32)34)24-28(36)38-16-7-5-6-13-29(24,3)39-30/h6,8-14,19,21,23-25,33H,5,7,15-18H2,1-4H3/b13-6-/t21-,23+,24-,25?,29+,30+/m1/s1. The van der Waals surface area contributed by atoms with Crippen LogP contribution in [0, 0.1) is 17.8 Å². The molecule has 2 fully saturated rings. The largest absolute Gasteiger partial charge is 0.497 e. The SMILES string of the molecule is COc1ccc(N2CC=C[C@]34O[C@@]5(C)/C=C\CCCOC(=O)[C@H]5[C@H]3C(=O)N([C@@H](CO)CC(C)C)C4C2=O)cc1. The predicted molar refractivity (Wildman–Crippen MR) is 144 cm³/mol. The van der Waals surface area contributed by atoms with E-state index < -0.39 is 41.1 Å². The number of fused-ring (bicyclic) bond motifs is 2. The molecule has 0 saturated carbocycles. The molecule has 6 atom stereocenters. The number of nitrogens with zero attached hydrogens (tertiary/aromatic N) is 2. The highest BCUT2D eigenvalue weighted by Gasteiger charge is 2.75. The molecule has 0 aliphatic carbocycles. The number of methoxy groups -OCH3 is 1. The van der Waals surface area contributed by atoms with Gasteiger partial charge in [0, 0.05) is 12.2 Å². The quantitative estimate of drug-likeness (QED) is 0.439. The molecule has 1 aromatic rings. The Bertz CT molecular complexity index is 1180. The van der Waals surface area contributed by atoms with Gasteiger partial charge in [-0.15, -0.1) is 0 Å². The molecule has 1 unspecified atom stereocenters. The van der Waals surface area contributed by atoms with Crippen LogP contribution in [0.2, 0.25) is 0 Å². The van der Waals surface area contributed by atoms with E-state index in [2.05, 4.69) is 0 Å². The molecule has 0 radical (unpaired) electrons. The van der Waals surface area contributed by atoms with E-state index in [9.17, 15) is 19.5 Å². The molecule has 0 bridgehead atoms. The summed E-state index contributed by atoms with van der Waals surface area (Å²) < 4.78 is 17.7. The second-order valence-corrected chi connectivity index (χ2v) is 11.5. The topological polar surface area (TPSA) is 106 Å². The Hall–Kier alpha value is -3.17. The van der Waals surface area contributed by atoms with Crippen molar-refractivity contribution >= 4 is 23.5 Å². The molecule has 5 rings (SSSR count). The molecule has 0 aromatic heterocycles. The molecule has 4 aliphatic rings. The molecule has 4 aliphatic heterocycles. The highest BCUT2D eigenvalue weighted by atomic mass is 16.6. The number of allylic oxidation sites excluding steroid dienone is 1. The third-order valence-corrected chi connectivity index (χ3v) is 8.42. The van der Waals surface area contributed by atoms with E-state index in [0.717, 1.165) is 0 Å². The first-order valence-corrected chi connectivity index (χ1v) is 13.8. The van der Waals surface area contributed by atoms with E-state index in [0.29, 0.717) is 30.7 Å². The summed E-state index contributed by atoms with van der Waals surface area (Å²) in [4.78, 5) is 45.6. The minimum atomic E-state index is -1.40. The highest BCUT2D eigenvalue weighted by molar-refractivity contribution is 6.05. The number of benzene rings is 1. The van der Waals surface area contributed by atoms with Gasteiger partial charge in [-0.25, -0.2) is 0 Å². The maximum atomic E-state index is 14.5. The monoisotopic (exact) mass is 538 g/mol. The molecule has 1 aromatic carbocycles. The van der Waals surface area contributed by atoms with Crippen molar-refractivity contribution in [2.75, 3.05) is 31.8 Å². The van der Waals surface area contributed by atoms with Gasteiger partial charge in [-0.2, -0.15) is 0 Å². The van der Waals surface area contributed by atoms with Crippen LogP contribution in [-0.2, 0) is 23.9 Å². The molecule has 9 heteroatoms. The fourth-order valence-electron chi connectivity index (χ4n) is 6.78. The number of hydrogen-bond acceptors (Lipinski definition) is 7. The van der Waals surface area contributed by atoms with E-state index >= 15 is 0 Å². The number of hydrogen-bond donors (Lipinski definition) is 1. The van der Waals surface area contributed by atoms with Gasteiger partial charge in [0.2, 0.25) is 5.91 Å². The summed E-state index contributed by atoms with van der Waals surface area (Å²) in [7, 11) is 1.58. The van der Waals surface area contributed by atoms with Crippen LogP contribution < -0.4 is 9.64 Å². The Morgan fingerprint density at radius 2 is 1.82 bits per heavy atom. The lowest BCUT2D eigenvalue weighted by molar-refractivity contribution is -0.159. The van der Waals surface area contributed by atoms with Gasteiger partial charge in [0.15, 0.2) is 0 Å². The van der Waals surface area contributed by atoms with Crippen LogP contribution in [0.1, 0.15) is 40.0 Å². The zero-order valence-corrected chi connectivity index (χ0v) is 23.0. The first-order chi connectivity index (χ1) is 18.7. The van der Waals surface area contributed by atoms with E-state index in [1.807, 2.05) is 32.1 Å². The number of carbonyl (C=O) groups is 3. The van der Waals surface area contributed by atoms with Gasteiger partial charge in [-0.1, -0.05) is 38.2 Å². The van der Waals surface area contributed by atoms with Crippen molar-refractivity contribution < 1.29 is 33.7 Å². The van der Waals surface area contributed by atoms with Crippen LogP contribution >= 0.6 is 0 Å². The summed E-state index contributed by atoms with van der Waals surface area (Å²) in [5.74, 6) is -2.28. The summed E-state index contributed by atoms with van der Waals surface area (Å²) >= 11 is 0. The van der Waals surface area contributed by atoms with Gasteiger partial charge in [0.1, 0.15) is 23.3 Å². The van der Waals surface area contributed by atoms with Crippen molar-refractivity contribution in [2.45, 2.75) is 63.3 Å². The third kappa shape index (κ3) is 4.45. The van der Waals surface area contributed by atoms with E-state index in [-0.39, 0.29) is 37.5 Å². The van der Waals surface area contributed by atoms with Crippen LogP contribution in [0.15, 0.2) is 48.6 Å². The lowest BCUT2D eigenvalue weighted by Gasteiger charge is -2.40. The zero-order valence-electron chi connectivity index (χ0n) is 23.0. The number of likely N-dealkylation sites (tertiary alicyclic amines) is 1. The number of anilines is 1. The van der Waals surface area contributed by atoms with Crippen LogP contribution in [0.4, 0.5) is 5.69 Å². The Morgan fingerprint density at radius 3 is 2.49 bits per heavy atom. The Balaban J connectivity index is 1.66. The Morgan fingerprint density at radius 1 is 1.08 bits per heavy atom. The lowest BCUT2D eigenvalue weighted by atomic mass is 9.74. The smallest absolute Gasteiger partial charge is 0.313 e. The van der Waals surface area contributed by atoms with Crippen molar-refractivity contribution in [1.82, 2.24) is 4.90 Å². The summed E-state index contributed by atoms with van der Waals surface area (Å²) in [5, 5.41) is 10.5. The fourth-order valence-corrected chi connectivity index (χ4v) is 6.78. The first-order valence-electron chi connectivity index (χ1n) is 13.8. The number of ether oxygens (including phenoxy) is 3. The minimum absolute atomic E-state index is 0.157. The first kappa shape index (κ1) is 27.4. The summed E-state index contributed by atoms with van der Waals surface area (Å²) in [6.07, 6.45) is 9.34. The van der Waals surface area contributed by atoms with Gasteiger partial charge in [-0.05, 0) is 56.4 Å². The lowest BCUT2D eigenvalue weighted by Crippen LogP contribution is -2.59. The van der Waals surface area contributed by atoms with E-state index in [4.69, 9.17) is 14.2 Å². The van der Waals surface area contributed by atoms with Gasteiger partial charge >= 0.3 is 5.97 Å². The van der Waals surface area contributed by atoms with Crippen LogP contribution in [-0.4, -0.2) is 77.9 Å². The maximum Gasteiger partial charge on any atom is 0.313 e. The van der Waals surface area contributed by atoms with Gasteiger partial charge in [0.05, 0.1) is 37.9 Å². The molecule has 9 nitrogen and oxygen atoms in total. The van der Waals surface area contributed by atoms with E-state index in [1.165, 1.54) is 4.90 Å². The zero-order chi connectivity index (χ0) is 27.9. The fraction of sp³-hybridized carbons (Fsp3) is 0.567. The number of rotatable bonds is 6. The Kier molecular flexibility index (Phi) is 7.33. The average Bonchev–Trinajstić information content (AvgIpc) is 3.26. The molecular formula is C30H38N2O7. The van der Waals surface area contributed by atoms with Gasteiger partial charge < -0.3 is 29.1 Å². The summed E-state index contributed by atoms with van der Waals surface area (Å²) in [6, 6.07) is 5.47. The molecule has 2 saturated heterocycles. The number of carbonyl (C=O) groups excluding carboxylic acids is 3. The van der Waals surface area contributed by atoms with Gasteiger partial charge in [-0.3, -0.25) is 14.4 Å². The highest BCUT2D eigenvalue weighted by Crippen LogP contribution is 2.57. The second kappa shape index (κ2) is 10.4. The van der Waals surface area contributed by atoms with Crippen LogP contribution in [0.25, 0.3) is 0 Å². The molecule has 1 N–H and O–H groups in total. The van der Waals surface area contributed by atoms with Crippen LogP contribution in [0.3, 0.4) is 0 Å². The molecular weight excluding hydrogens is 500 g/mol. The van der Waals surface area contributed by atoms with Crippen molar-refractivity contribution in [2.24, 2.45) is 17.8 Å². The number of amides is 2. The summed E-state index contributed by atoms with van der Waals surface area (Å²) in [6.45, 7) is 6.01. The molecule has 39 heavy (non-hydrogen) atoms. The number of aliphatic hydroxyl groups is 1.